The van der Waals surface area contributed by atoms with Gasteiger partial charge in [-0.05, 0) is 78.3 Å². The first-order valence-electron chi connectivity index (χ1n) is 8.61. The Balaban J connectivity index is 1.69. The lowest BCUT2D eigenvalue weighted by molar-refractivity contribution is 0.441. The molecule has 0 bridgehead atoms. The molecule has 0 amide bonds. The molecule has 3 aromatic rings. The van der Waals surface area contributed by atoms with Gasteiger partial charge < -0.3 is 20.4 Å². The molecular weight excluding hydrogens is 328 g/mol. The van der Waals surface area contributed by atoms with Gasteiger partial charge in [-0.15, -0.1) is 0 Å². The largest absolute Gasteiger partial charge is 0.508 e. The smallest absolute Gasteiger partial charge is 0.122 e. The Morgan fingerprint density at radius 3 is 1.23 bits per heavy atom. The normalized spacial score (nSPS) is 10.8. The van der Waals surface area contributed by atoms with E-state index in [9.17, 15) is 20.4 Å². The summed E-state index contributed by atoms with van der Waals surface area (Å²) in [5.74, 6) is 0.653. The molecule has 26 heavy (non-hydrogen) atoms. The van der Waals surface area contributed by atoms with Crippen LogP contribution < -0.4 is 0 Å². The zero-order valence-corrected chi connectivity index (χ0v) is 14.4. The third-order valence-electron chi connectivity index (χ3n) is 4.52. The number of rotatable bonds is 6. The first-order valence-corrected chi connectivity index (χ1v) is 8.61. The Morgan fingerprint density at radius 2 is 0.846 bits per heavy atom. The predicted molar refractivity (Wildman–Crippen MR) is 101 cm³/mol. The van der Waals surface area contributed by atoms with E-state index in [1.807, 2.05) is 30.3 Å². The Hall–Kier alpha value is -3.14. The number of benzene rings is 3. The summed E-state index contributed by atoms with van der Waals surface area (Å²) in [6, 6.07) is 17.3. The summed E-state index contributed by atoms with van der Waals surface area (Å²) in [5.41, 5.74) is 3.72. The minimum absolute atomic E-state index is 0.0923. The molecule has 0 aromatic heterocycles. The van der Waals surface area contributed by atoms with Crippen LogP contribution in [0, 0.1) is 0 Å². The molecule has 0 saturated heterocycles. The zero-order chi connectivity index (χ0) is 18.5. The van der Waals surface area contributed by atoms with Crippen LogP contribution >= 0.6 is 0 Å². The molecule has 0 heterocycles. The van der Waals surface area contributed by atoms with E-state index in [1.54, 1.807) is 24.3 Å². The summed E-state index contributed by atoms with van der Waals surface area (Å²) in [4.78, 5) is 0. The molecule has 134 valence electrons. The van der Waals surface area contributed by atoms with Crippen molar-refractivity contribution in [1.82, 2.24) is 0 Å². The highest BCUT2D eigenvalue weighted by Gasteiger charge is 2.10. The SMILES string of the molecule is Oc1ccc(CCc2cc(CCc3ccc(O)cc3)c(O)cc2O)cc1. The van der Waals surface area contributed by atoms with E-state index < -0.39 is 0 Å². The average Bonchev–Trinajstić information content (AvgIpc) is 2.63. The maximum Gasteiger partial charge on any atom is 0.122 e. The Bertz CT molecular complexity index is 797. The van der Waals surface area contributed by atoms with Crippen LogP contribution in [0.3, 0.4) is 0 Å². The Morgan fingerprint density at radius 1 is 0.462 bits per heavy atom. The van der Waals surface area contributed by atoms with E-state index in [2.05, 4.69) is 0 Å². The molecule has 0 fully saturated rings. The molecule has 3 aromatic carbocycles. The Labute approximate surface area is 152 Å². The quantitative estimate of drug-likeness (QED) is 0.540. The van der Waals surface area contributed by atoms with Gasteiger partial charge in [-0.3, -0.25) is 0 Å². The molecule has 4 heteroatoms. The highest BCUT2D eigenvalue weighted by atomic mass is 16.3. The molecule has 0 radical (unpaired) electrons. The molecule has 0 unspecified atom stereocenters. The van der Waals surface area contributed by atoms with Crippen molar-refractivity contribution in [2.24, 2.45) is 0 Å². The third kappa shape index (κ3) is 4.48. The van der Waals surface area contributed by atoms with Crippen LogP contribution in [-0.2, 0) is 25.7 Å². The fraction of sp³-hybridized carbons (Fsp3) is 0.182. The fourth-order valence-corrected chi connectivity index (χ4v) is 2.96. The van der Waals surface area contributed by atoms with E-state index in [4.69, 9.17) is 0 Å². The van der Waals surface area contributed by atoms with Crippen LogP contribution in [0.15, 0.2) is 60.7 Å². The molecule has 0 atom stereocenters. The lowest BCUT2D eigenvalue weighted by atomic mass is 9.97. The molecule has 0 saturated carbocycles. The number of aryl methyl sites for hydroxylation is 4. The average molecular weight is 350 g/mol. The maximum atomic E-state index is 10.1. The predicted octanol–water partition coefficient (Wildman–Crippen LogP) is 4.08. The Kier molecular flexibility index (Phi) is 5.32. The minimum atomic E-state index is 0.0923. The summed E-state index contributed by atoms with van der Waals surface area (Å²) in [6.07, 6.45) is 2.75. The molecule has 0 aliphatic carbocycles. The highest BCUT2D eigenvalue weighted by molar-refractivity contribution is 5.46. The summed E-state index contributed by atoms with van der Waals surface area (Å²) >= 11 is 0. The van der Waals surface area contributed by atoms with E-state index >= 15 is 0 Å². The molecule has 0 aliphatic heterocycles. The summed E-state index contributed by atoms with van der Waals surface area (Å²) in [6.45, 7) is 0. The van der Waals surface area contributed by atoms with E-state index in [1.165, 1.54) is 6.07 Å². The highest BCUT2D eigenvalue weighted by Crippen LogP contribution is 2.29. The lowest BCUT2D eigenvalue weighted by Gasteiger charge is -2.11. The standard InChI is InChI=1S/C22H22O4/c23-19-9-3-15(4-10-19)1-7-17-13-18(22(26)14-21(17)25)8-2-16-5-11-20(24)12-6-16/h3-6,9-14,23-26H,1-2,7-8H2. The second-order valence-corrected chi connectivity index (χ2v) is 6.44. The molecule has 4 nitrogen and oxygen atoms in total. The molecule has 0 aliphatic rings. The molecular formula is C22H22O4. The second-order valence-electron chi connectivity index (χ2n) is 6.44. The van der Waals surface area contributed by atoms with Gasteiger partial charge in [0.15, 0.2) is 0 Å². The van der Waals surface area contributed by atoms with Crippen molar-refractivity contribution < 1.29 is 20.4 Å². The molecule has 3 rings (SSSR count). The fourth-order valence-electron chi connectivity index (χ4n) is 2.96. The topological polar surface area (TPSA) is 80.9 Å². The number of phenols is 4. The van der Waals surface area contributed by atoms with Gasteiger partial charge in [0, 0.05) is 6.07 Å². The van der Waals surface area contributed by atoms with Gasteiger partial charge in [0.05, 0.1) is 0 Å². The van der Waals surface area contributed by atoms with Gasteiger partial charge >= 0.3 is 0 Å². The molecule has 4 N–H and O–H groups in total. The first-order chi connectivity index (χ1) is 12.5. The van der Waals surface area contributed by atoms with Crippen molar-refractivity contribution in [3.05, 3.63) is 82.9 Å². The van der Waals surface area contributed by atoms with Crippen molar-refractivity contribution in [1.29, 1.82) is 0 Å². The lowest BCUT2D eigenvalue weighted by Crippen LogP contribution is -1.97. The summed E-state index contributed by atoms with van der Waals surface area (Å²) in [7, 11) is 0. The number of phenolic OH excluding ortho intramolecular Hbond substituents is 4. The van der Waals surface area contributed by atoms with Crippen molar-refractivity contribution >= 4 is 0 Å². The van der Waals surface area contributed by atoms with Crippen molar-refractivity contribution in [3.8, 4) is 23.0 Å². The van der Waals surface area contributed by atoms with Gasteiger partial charge in [-0.2, -0.15) is 0 Å². The monoisotopic (exact) mass is 350 g/mol. The van der Waals surface area contributed by atoms with Crippen LogP contribution in [0.5, 0.6) is 23.0 Å². The second kappa shape index (κ2) is 7.83. The minimum Gasteiger partial charge on any atom is -0.508 e. The van der Waals surface area contributed by atoms with Crippen LogP contribution in [0.4, 0.5) is 0 Å². The van der Waals surface area contributed by atoms with Gasteiger partial charge in [0.25, 0.3) is 0 Å². The molecule has 0 spiro atoms. The van der Waals surface area contributed by atoms with Crippen LogP contribution in [0.25, 0.3) is 0 Å². The van der Waals surface area contributed by atoms with Gasteiger partial charge in [0.1, 0.15) is 23.0 Å². The van der Waals surface area contributed by atoms with Gasteiger partial charge in [-0.25, -0.2) is 0 Å². The van der Waals surface area contributed by atoms with Gasteiger partial charge in [-0.1, -0.05) is 24.3 Å². The summed E-state index contributed by atoms with van der Waals surface area (Å²) in [5, 5.41) is 38.9. The summed E-state index contributed by atoms with van der Waals surface area (Å²) < 4.78 is 0. The number of hydrogen-bond donors (Lipinski definition) is 4. The van der Waals surface area contributed by atoms with Crippen LogP contribution in [-0.4, -0.2) is 20.4 Å². The number of hydrogen-bond acceptors (Lipinski definition) is 4. The van der Waals surface area contributed by atoms with E-state index in [0.717, 1.165) is 35.1 Å². The zero-order valence-electron chi connectivity index (χ0n) is 14.4. The van der Waals surface area contributed by atoms with E-state index in [-0.39, 0.29) is 23.0 Å². The van der Waals surface area contributed by atoms with Crippen molar-refractivity contribution in [3.63, 3.8) is 0 Å². The van der Waals surface area contributed by atoms with Crippen LogP contribution in [0.2, 0.25) is 0 Å². The van der Waals surface area contributed by atoms with Crippen LogP contribution in [0.1, 0.15) is 22.3 Å². The van der Waals surface area contributed by atoms with Crippen molar-refractivity contribution in [2.45, 2.75) is 25.7 Å². The van der Waals surface area contributed by atoms with E-state index in [0.29, 0.717) is 12.8 Å². The third-order valence-corrected chi connectivity index (χ3v) is 4.52. The maximum absolute atomic E-state index is 10.1. The first kappa shape index (κ1) is 17.7. The van der Waals surface area contributed by atoms with Crippen molar-refractivity contribution in [2.75, 3.05) is 0 Å². The van der Waals surface area contributed by atoms with Gasteiger partial charge in [0.2, 0.25) is 0 Å². The number of aromatic hydroxyl groups is 4.